The van der Waals surface area contributed by atoms with Crippen LogP contribution in [0, 0.1) is 0 Å². The molecule has 0 saturated carbocycles. The van der Waals surface area contributed by atoms with Gasteiger partial charge in [-0.05, 0) is 13.1 Å². The van der Waals surface area contributed by atoms with E-state index in [1.807, 2.05) is 0 Å². The van der Waals surface area contributed by atoms with Crippen LogP contribution in [0.5, 0.6) is 0 Å². The normalized spacial score (nSPS) is 6.86. The van der Waals surface area contributed by atoms with Gasteiger partial charge in [0, 0.05) is 0 Å². The maximum absolute atomic E-state index is 9.50. The highest BCUT2D eigenvalue weighted by Gasteiger charge is 1.62. The first kappa shape index (κ1) is 10.00. The Labute approximate surface area is 44.9 Å². The summed E-state index contributed by atoms with van der Waals surface area (Å²) >= 11 is 0. The van der Waals surface area contributed by atoms with Crippen LogP contribution in [0.2, 0.25) is 0 Å². The zero-order valence-corrected chi connectivity index (χ0v) is 5.29. The van der Waals surface area contributed by atoms with E-state index in [1.165, 1.54) is 0 Å². The molecule has 0 aliphatic heterocycles. The van der Waals surface area contributed by atoms with Crippen LogP contribution in [0.4, 0.5) is 4.39 Å². The van der Waals surface area contributed by atoms with Gasteiger partial charge >= 0.3 is 0 Å². The number of nitrogens with one attached hydrogen (secondary N) is 1. The third-order valence-electron chi connectivity index (χ3n) is 0.500. The first-order chi connectivity index (χ1) is 3.41. The molecule has 0 saturated heterocycles. The van der Waals surface area contributed by atoms with Gasteiger partial charge in [0.15, 0.2) is 0 Å². The van der Waals surface area contributed by atoms with Gasteiger partial charge in [0.1, 0.15) is 0 Å². The number of rotatable bonds is 2. The summed E-state index contributed by atoms with van der Waals surface area (Å²) in [5.41, 5.74) is 0. The third-order valence-corrected chi connectivity index (χ3v) is 0.500. The van der Waals surface area contributed by atoms with E-state index in [-0.39, 0.29) is 0 Å². The van der Waals surface area contributed by atoms with E-state index in [9.17, 15) is 4.39 Å². The molecule has 0 bridgehead atoms. The molecule has 0 aliphatic rings. The third kappa shape index (κ3) is 25.0. The van der Waals surface area contributed by atoms with Crippen LogP contribution in [-0.4, -0.2) is 20.3 Å². The molecular weight excluding hydrogens is 93.1 g/mol. The molecule has 0 spiro atoms. The Hall–Kier alpha value is -0.110. The minimum atomic E-state index is 0.500. The maximum atomic E-state index is 9.50. The van der Waals surface area contributed by atoms with Crippen LogP contribution in [0.3, 0.4) is 0 Å². The fraction of sp³-hybridized carbons (Fsp3) is 1.00. The van der Waals surface area contributed by atoms with Crippen molar-refractivity contribution in [2.24, 2.45) is 0 Å². The lowest BCUT2D eigenvalue weighted by atomic mass is 10.7. The van der Waals surface area contributed by atoms with Crippen molar-refractivity contribution < 1.29 is 4.39 Å². The summed E-state index contributed by atoms with van der Waals surface area (Å²) in [6, 6.07) is 0. The Morgan fingerprint density at radius 3 is 1.43 bits per heavy atom. The lowest BCUT2D eigenvalue weighted by molar-refractivity contribution is 0.636. The highest BCUT2D eigenvalue weighted by molar-refractivity contribution is 4.27. The molecule has 0 aromatic heterocycles. The van der Waals surface area contributed by atoms with Gasteiger partial charge in [0.2, 0.25) is 0 Å². The Bertz CT molecular complexity index is 15.6. The van der Waals surface area contributed by atoms with Crippen molar-refractivity contribution in [3.8, 4) is 0 Å². The molecule has 0 aliphatic carbocycles. The highest BCUT2D eigenvalue weighted by atomic mass is 19.1. The fourth-order valence-corrected chi connectivity index (χ4v) is 0.250. The second-order valence-corrected chi connectivity index (χ2v) is 0.957. The summed E-state index contributed by atoms with van der Waals surface area (Å²) in [6.45, 7) is 6.39. The van der Waals surface area contributed by atoms with Crippen LogP contribution >= 0.6 is 0 Å². The molecule has 0 radical (unpaired) electrons. The molecule has 1 N–H and O–H groups in total. The maximum Gasteiger partial charge on any atom is 0.0785 e. The SMILES string of the molecule is CCNCC.CF. The summed E-state index contributed by atoms with van der Waals surface area (Å²) in [4.78, 5) is 0. The van der Waals surface area contributed by atoms with E-state index in [1.54, 1.807) is 0 Å². The molecule has 0 atom stereocenters. The number of hydrogen-bond donors (Lipinski definition) is 1. The summed E-state index contributed by atoms with van der Waals surface area (Å²) in [5.74, 6) is 0. The van der Waals surface area contributed by atoms with Crippen molar-refractivity contribution in [2.45, 2.75) is 13.8 Å². The van der Waals surface area contributed by atoms with Gasteiger partial charge in [-0.1, -0.05) is 13.8 Å². The minimum Gasteiger partial charge on any atom is -0.317 e. The van der Waals surface area contributed by atoms with Crippen molar-refractivity contribution in [3.63, 3.8) is 0 Å². The van der Waals surface area contributed by atoms with Crippen LogP contribution in [0.1, 0.15) is 13.8 Å². The zero-order valence-electron chi connectivity index (χ0n) is 5.29. The summed E-state index contributed by atoms with van der Waals surface area (Å²) in [7, 11) is 0.500. The van der Waals surface area contributed by atoms with Crippen LogP contribution in [0.25, 0.3) is 0 Å². The Morgan fingerprint density at radius 1 is 1.14 bits per heavy atom. The number of alkyl halides is 1. The van der Waals surface area contributed by atoms with Gasteiger partial charge in [-0.15, -0.1) is 0 Å². The van der Waals surface area contributed by atoms with Gasteiger partial charge < -0.3 is 5.32 Å². The lowest BCUT2D eigenvalue weighted by Gasteiger charge is -1.86. The summed E-state index contributed by atoms with van der Waals surface area (Å²) in [5, 5.41) is 3.11. The summed E-state index contributed by atoms with van der Waals surface area (Å²) < 4.78 is 9.50. The van der Waals surface area contributed by atoms with Gasteiger partial charge in [0.05, 0.1) is 7.18 Å². The smallest absolute Gasteiger partial charge is 0.0785 e. The molecule has 46 valence electrons. The van der Waals surface area contributed by atoms with Crippen molar-refractivity contribution in [3.05, 3.63) is 0 Å². The molecule has 7 heavy (non-hydrogen) atoms. The molecule has 0 rings (SSSR count). The van der Waals surface area contributed by atoms with E-state index in [2.05, 4.69) is 19.2 Å². The largest absolute Gasteiger partial charge is 0.317 e. The average molecular weight is 107 g/mol. The van der Waals surface area contributed by atoms with E-state index >= 15 is 0 Å². The molecule has 0 unspecified atom stereocenters. The molecule has 0 aromatic carbocycles. The highest BCUT2D eigenvalue weighted by Crippen LogP contribution is 1.47. The quantitative estimate of drug-likeness (QED) is 0.559. The second kappa shape index (κ2) is 16.9. The molecule has 0 amide bonds. The van der Waals surface area contributed by atoms with Crippen LogP contribution in [0.15, 0.2) is 0 Å². The predicted octanol–water partition coefficient (Wildman–Crippen LogP) is 1.20. The van der Waals surface area contributed by atoms with E-state index in [0.29, 0.717) is 7.18 Å². The van der Waals surface area contributed by atoms with Gasteiger partial charge in [-0.3, -0.25) is 4.39 Å². The average Bonchev–Trinajstić information content (AvgIpc) is 1.75. The Kier molecular flexibility index (Phi) is 24.1. The number of halogens is 1. The second-order valence-electron chi connectivity index (χ2n) is 0.957. The Balaban J connectivity index is 0. The van der Waals surface area contributed by atoms with Crippen molar-refractivity contribution >= 4 is 0 Å². The predicted molar refractivity (Wildman–Crippen MR) is 31.2 cm³/mol. The monoisotopic (exact) mass is 107 g/mol. The minimum absolute atomic E-state index is 0.500. The van der Waals surface area contributed by atoms with Gasteiger partial charge in [-0.25, -0.2) is 0 Å². The molecular formula is C5H14FN. The van der Waals surface area contributed by atoms with E-state index in [4.69, 9.17) is 0 Å². The van der Waals surface area contributed by atoms with E-state index in [0.717, 1.165) is 13.1 Å². The standard InChI is InChI=1S/C4H11N.CH3F/c1-3-5-4-2;1-2/h5H,3-4H2,1-2H3;1H3. The molecule has 1 nitrogen and oxygen atoms in total. The fourth-order valence-electron chi connectivity index (χ4n) is 0.250. The molecule has 0 aromatic rings. The lowest BCUT2D eigenvalue weighted by Crippen LogP contribution is -2.09. The van der Waals surface area contributed by atoms with Crippen LogP contribution < -0.4 is 5.32 Å². The van der Waals surface area contributed by atoms with Crippen LogP contribution in [-0.2, 0) is 0 Å². The molecule has 0 fully saturated rings. The first-order valence-corrected chi connectivity index (χ1v) is 2.50. The van der Waals surface area contributed by atoms with Gasteiger partial charge in [-0.2, -0.15) is 0 Å². The topological polar surface area (TPSA) is 12.0 Å². The van der Waals surface area contributed by atoms with Gasteiger partial charge in [0.25, 0.3) is 0 Å². The van der Waals surface area contributed by atoms with Crippen molar-refractivity contribution in [1.29, 1.82) is 0 Å². The number of hydrogen-bond acceptors (Lipinski definition) is 1. The summed E-state index contributed by atoms with van der Waals surface area (Å²) in [6.07, 6.45) is 0. The van der Waals surface area contributed by atoms with E-state index < -0.39 is 0 Å². The zero-order chi connectivity index (χ0) is 6.12. The molecule has 0 heterocycles. The van der Waals surface area contributed by atoms with Crippen molar-refractivity contribution in [1.82, 2.24) is 5.32 Å². The Morgan fingerprint density at radius 2 is 1.43 bits per heavy atom. The van der Waals surface area contributed by atoms with Crippen molar-refractivity contribution in [2.75, 3.05) is 20.3 Å². The molecule has 2 heteroatoms. The first-order valence-electron chi connectivity index (χ1n) is 2.50.